The van der Waals surface area contributed by atoms with Crippen LogP contribution >= 0.6 is 0 Å². The van der Waals surface area contributed by atoms with Crippen molar-refractivity contribution in [1.82, 2.24) is 4.98 Å². The van der Waals surface area contributed by atoms with Crippen LogP contribution in [0.25, 0.3) is 0 Å². The molecule has 2 heterocycles. The average Bonchev–Trinajstić information content (AvgIpc) is 2.60. The highest BCUT2D eigenvalue weighted by molar-refractivity contribution is 6.06. The molecular formula is C18H20N2O2. The molecule has 4 nitrogen and oxygen atoms in total. The van der Waals surface area contributed by atoms with Gasteiger partial charge in [-0.15, -0.1) is 0 Å². The number of nitrogens with zero attached hydrogens (tertiary/aromatic N) is 2. The predicted molar refractivity (Wildman–Crippen MR) is 86.4 cm³/mol. The number of ether oxygens (including phenoxy) is 1. The Morgan fingerprint density at radius 2 is 2.27 bits per heavy atom. The minimum absolute atomic E-state index is 0.0117. The molecule has 0 bridgehead atoms. The van der Waals surface area contributed by atoms with Crippen molar-refractivity contribution < 1.29 is 9.53 Å². The lowest BCUT2D eigenvalue weighted by Crippen LogP contribution is -2.40. The number of aromatic nitrogens is 1. The average molecular weight is 296 g/mol. The standard InChI is InChI=1S/C18H20N2O2/c1-3-13-9-15-10-16(22-2)6-7-17(15)20(12-13)18(21)14-5-4-8-19-11-14/h4-8,10-11,13H,3,9,12H2,1-2H3. The second-order valence-electron chi connectivity index (χ2n) is 5.63. The summed E-state index contributed by atoms with van der Waals surface area (Å²) in [5.74, 6) is 1.32. The van der Waals surface area contributed by atoms with Crippen LogP contribution in [0.1, 0.15) is 29.3 Å². The Morgan fingerprint density at radius 3 is 2.95 bits per heavy atom. The summed E-state index contributed by atoms with van der Waals surface area (Å²) in [4.78, 5) is 18.8. The molecular weight excluding hydrogens is 276 g/mol. The van der Waals surface area contributed by atoms with Gasteiger partial charge in [-0.2, -0.15) is 0 Å². The van der Waals surface area contributed by atoms with Gasteiger partial charge >= 0.3 is 0 Å². The molecule has 22 heavy (non-hydrogen) atoms. The van der Waals surface area contributed by atoms with E-state index in [1.54, 1.807) is 25.6 Å². The second-order valence-corrected chi connectivity index (χ2v) is 5.63. The van der Waals surface area contributed by atoms with Crippen LogP contribution in [0.15, 0.2) is 42.7 Å². The first-order valence-electron chi connectivity index (χ1n) is 7.61. The molecule has 3 rings (SSSR count). The summed E-state index contributed by atoms with van der Waals surface area (Å²) < 4.78 is 5.32. The van der Waals surface area contributed by atoms with Gasteiger partial charge in [0.2, 0.25) is 0 Å². The molecule has 0 N–H and O–H groups in total. The fraction of sp³-hybridized carbons (Fsp3) is 0.333. The molecule has 1 aromatic heterocycles. The van der Waals surface area contributed by atoms with Gasteiger partial charge in [0.05, 0.1) is 12.7 Å². The van der Waals surface area contributed by atoms with Crippen LogP contribution in [-0.4, -0.2) is 24.5 Å². The molecule has 1 aliphatic heterocycles. The van der Waals surface area contributed by atoms with Crippen LogP contribution in [0.2, 0.25) is 0 Å². The second kappa shape index (κ2) is 6.18. The summed E-state index contributed by atoms with van der Waals surface area (Å²) >= 11 is 0. The largest absolute Gasteiger partial charge is 0.497 e. The van der Waals surface area contributed by atoms with E-state index in [0.717, 1.165) is 30.8 Å². The molecule has 0 saturated carbocycles. The number of carbonyl (C=O) groups excluding carboxylic acids is 1. The van der Waals surface area contributed by atoms with Gasteiger partial charge in [-0.05, 0) is 48.2 Å². The Kier molecular flexibility index (Phi) is 4.09. The Balaban J connectivity index is 1.99. The molecule has 1 amide bonds. The Bertz CT molecular complexity index is 670. The molecule has 1 unspecified atom stereocenters. The number of amides is 1. The third-order valence-electron chi connectivity index (χ3n) is 4.26. The molecule has 114 valence electrons. The van der Waals surface area contributed by atoms with Crippen molar-refractivity contribution in [3.05, 3.63) is 53.9 Å². The van der Waals surface area contributed by atoms with E-state index in [-0.39, 0.29) is 5.91 Å². The van der Waals surface area contributed by atoms with Gasteiger partial charge in [0.1, 0.15) is 5.75 Å². The molecule has 0 fully saturated rings. The summed E-state index contributed by atoms with van der Waals surface area (Å²) in [7, 11) is 1.67. The normalized spacial score (nSPS) is 17.0. The lowest BCUT2D eigenvalue weighted by atomic mass is 9.90. The first-order chi connectivity index (χ1) is 10.7. The summed E-state index contributed by atoms with van der Waals surface area (Å²) in [5, 5.41) is 0. The van der Waals surface area contributed by atoms with Gasteiger partial charge < -0.3 is 9.64 Å². The molecule has 2 aromatic rings. The van der Waals surface area contributed by atoms with Crippen molar-refractivity contribution in [2.75, 3.05) is 18.6 Å². The van der Waals surface area contributed by atoms with Crippen molar-refractivity contribution >= 4 is 11.6 Å². The lowest BCUT2D eigenvalue weighted by molar-refractivity contribution is 0.0979. The third-order valence-corrected chi connectivity index (χ3v) is 4.26. The first-order valence-corrected chi connectivity index (χ1v) is 7.61. The first kappa shape index (κ1) is 14.6. The van der Waals surface area contributed by atoms with Gasteiger partial charge in [0, 0.05) is 24.6 Å². The maximum atomic E-state index is 12.8. The van der Waals surface area contributed by atoms with E-state index in [2.05, 4.69) is 11.9 Å². The van der Waals surface area contributed by atoms with E-state index in [9.17, 15) is 4.79 Å². The van der Waals surface area contributed by atoms with Crippen LogP contribution < -0.4 is 9.64 Å². The maximum Gasteiger partial charge on any atom is 0.259 e. The zero-order chi connectivity index (χ0) is 15.5. The van der Waals surface area contributed by atoms with Crippen molar-refractivity contribution in [1.29, 1.82) is 0 Å². The van der Waals surface area contributed by atoms with Crippen molar-refractivity contribution in [2.24, 2.45) is 5.92 Å². The van der Waals surface area contributed by atoms with Crippen molar-refractivity contribution in [3.63, 3.8) is 0 Å². The quantitative estimate of drug-likeness (QED) is 0.872. The number of anilines is 1. The topological polar surface area (TPSA) is 42.4 Å². The van der Waals surface area contributed by atoms with E-state index < -0.39 is 0 Å². The molecule has 0 radical (unpaired) electrons. The highest BCUT2D eigenvalue weighted by Gasteiger charge is 2.28. The Hall–Kier alpha value is -2.36. The summed E-state index contributed by atoms with van der Waals surface area (Å²) in [6.45, 7) is 2.92. The number of rotatable bonds is 3. The number of methoxy groups -OCH3 is 1. The number of benzene rings is 1. The predicted octanol–water partition coefficient (Wildman–Crippen LogP) is 3.32. The molecule has 0 aliphatic carbocycles. The highest BCUT2D eigenvalue weighted by atomic mass is 16.5. The van der Waals surface area contributed by atoms with Gasteiger partial charge in [0.15, 0.2) is 0 Å². The van der Waals surface area contributed by atoms with Gasteiger partial charge in [0.25, 0.3) is 5.91 Å². The lowest BCUT2D eigenvalue weighted by Gasteiger charge is -2.34. The molecule has 1 atom stereocenters. The van der Waals surface area contributed by atoms with Crippen LogP contribution in [0.4, 0.5) is 5.69 Å². The molecule has 1 aromatic carbocycles. The van der Waals surface area contributed by atoms with Crippen molar-refractivity contribution in [2.45, 2.75) is 19.8 Å². The highest BCUT2D eigenvalue weighted by Crippen LogP contribution is 2.34. The van der Waals surface area contributed by atoms with Crippen molar-refractivity contribution in [3.8, 4) is 5.75 Å². The maximum absolute atomic E-state index is 12.8. The van der Waals surface area contributed by atoms with Gasteiger partial charge in [-0.3, -0.25) is 9.78 Å². The van der Waals surface area contributed by atoms with Crippen LogP contribution in [0.5, 0.6) is 5.75 Å². The number of hydrogen-bond acceptors (Lipinski definition) is 3. The fourth-order valence-electron chi connectivity index (χ4n) is 2.96. The minimum atomic E-state index is 0.0117. The zero-order valence-corrected chi connectivity index (χ0v) is 13.0. The van der Waals surface area contributed by atoms with E-state index in [4.69, 9.17) is 4.74 Å². The van der Waals surface area contributed by atoms with E-state index in [1.165, 1.54) is 5.56 Å². The van der Waals surface area contributed by atoms with E-state index in [0.29, 0.717) is 11.5 Å². The number of fused-ring (bicyclic) bond motifs is 1. The summed E-state index contributed by atoms with van der Waals surface area (Å²) in [5.41, 5.74) is 2.79. The monoisotopic (exact) mass is 296 g/mol. The smallest absolute Gasteiger partial charge is 0.259 e. The summed E-state index contributed by atoms with van der Waals surface area (Å²) in [6.07, 6.45) is 5.34. The number of carbonyl (C=O) groups is 1. The van der Waals surface area contributed by atoms with Crippen LogP contribution in [-0.2, 0) is 6.42 Å². The van der Waals surface area contributed by atoms with E-state index >= 15 is 0 Å². The molecule has 4 heteroatoms. The summed E-state index contributed by atoms with van der Waals surface area (Å²) in [6, 6.07) is 9.54. The van der Waals surface area contributed by atoms with Crippen LogP contribution in [0, 0.1) is 5.92 Å². The Labute approximate surface area is 130 Å². The van der Waals surface area contributed by atoms with Gasteiger partial charge in [-0.1, -0.05) is 13.3 Å². The third kappa shape index (κ3) is 2.69. The zero-order valence-electron chi connectivity index (χ0n) is 13.0. The number of pyridine rings is 1. The van der Waals surface area contributed by atoms with Gasteiger partial charge in [-0.25, -0.2) is 0 Å². The number of hydrogen-bond donors (Lipinski definition) is 0. The molecule has 1 aliphatic rings. The van der Waals surface area contributed by atoms with E-state index in [1.807, 2.05) is 29.2 Å². The minimum Gasteiger partial charge on any atom is -0.497 e. The van der Waals surface area contributed by atoms with Crippen LogP contribution in [0.3, 0.4) is 0 Å². The SMILES string of the molecule is CCC1Cc2cc(OC)ccc2N(C(=O)c2cccnc2)C1. The molecule has 0 spiro atoms. The fourth-order valence-corrected chi connectivity index (χ4v) is 2.96. The Morgan fingerprint density at radius 1 is 1.41 bits per heavy atom. The molecule has 0 saturated heterocycles.